The van der Waals surface area contributed by atoms with Gasteiger partial charge in [-0.05, 0) is 62.8 Å². The second-order valence-electron chi connectivity index (χ2n) is 7.79. The van der Waals surface area contributed by atoms with Crippen molar-refractivity contribution in [3.8, 4) is 23.7 Å². The molecule has 0 saturated heterocycles. The number of aliphatic hydroxyl groups is 2. The van der Waals surface area contributed by atoms with E-state index >= 15 is 0 Å². The molecule has 1 aromatic rings. The van der Waals surface area contributed by atoms with Gasteiger partial charge in [0.15, 0.2) is 0 Å². The molecule has 1 unspecified atom stereocenters. The molecule has 8 heteroatoms. The van der Waals surface area contributed by atoms with Gasteiger partial charge in [-0.15, -0.1) is 0 Å². The lowest BCUT2D eigenvalue weighted by Crippen LogP contribution is -2.61. The molecule has 0 radical (unpaired) electrons. The zero-order valence-corrected chi connectivity index (χ0v) is 16.3. The van der Waals surface area contributed by atoms with E-state index in [9.17, 15) is 14.7 Å². The molecular formula is C21H25N3O5. The minimum absolute atomic E-state index is 0.0309. The van der Waals surface area contributed by atoms with Crippen molar-refractivity contribution in [3.05, 3.63) is 35.4 Å². The summed E-state index contributed by atoms with van der Waals surface area (Å²) in [7, 11) is 0. The Hall–Kier alpha value is -2.88. The average molecular weight is 399 g/mol. The van der Waals surface area contributed by atoms with Crippen LogP contribution in [0.1, 0.15) is 42.6 Å². The van der Waals surface area contributed by atoms with E-state index in [1.165, 1.54) is 5.48 Å². The number of carbonyl (C=O) groups excluding carboxylic acids is 2. The van der Waals surface area contributed by atoms with E-state index in [2.05, 4.69) is 29.0 Å². The number of rotatable bonds is 5. The predicted octanol–water partition coefficient (Wildman–Crippen LogP) is -0.484. The summed E-state index contributed by atoms with van der Waals surface area (Å²) in [5, 5.41) is 30.0. The smallest absolute Gasteiger partial charge is 0.267 e. The first kappa shape index (κ1) is 22.4. The number of nitrogens with one attached hydrogen (secondary N) is 2. The third-order valence-electron chi connectivity index (χ3n) is 4.63. The molecule has 1 aromatic carbocycles. The van der Waals surface area contributed by atoms with Crippen molar-refractivity contribution in [2.24, 2.45) is 11.7 Å². The zero-order valence-electron chi connectivity index (χ0n) is 16.3. The molecule has 1 atom stereocenters. The molecule has 1 fully saturated rings. The van der Waals surface area contributed by atoms with E-state index in [1.807, 2.05) is 0 Å². The molecule has 29 heavy (non-hydrogen) atoms. The van der Waals surface area contributed by atoms with E-state index in [4.69, 9.17) is 16.0 Å². The van der Waals surface area contributed by atoms with Crippen molar-refractivity contribution in [3.63, 3.8) is 0 Å². The van der Waals surface area contributed by atoms with E-state index < -0.39 is 29.0 Å². The topological polar surface area (TPSA) is 145 Å². The normalized spacial score (nSPS) is 21.4. The summed E-state index contributed by atoms with van der Waals surface area (Å²) in [6.45, 7) is 2.85. The highest BCUT2D eigenvalue weighted by atomic mass is 16.5. The summed E-state index contributed by atoms with van der Waals surface area (Å²) in [5.74, 6) is 9.94. The van der Waals surface area contributed by atoms with Gasteiger partial charge in [0.05, 0.1) is 12.2 Å². The van der Waals surface area contributed by atoms with Crippen molar-refractivity contribution in [1.29, 1.82) is 0 Å². The molecule has 0 bridgehead atoms. The van der Waals surface area contributed by atoms with Gasteiger partial charge >= 0.3 is 0 Å². The number of amides is 2. The molecule has 1 saturated carbocycles. The molecule has 0 aromatic heterocycles. The fourth-order valence-corrected chi connectivity index (χ4v) is 2.90. The Labute approximate surface area is 169 Å². The van der Waals surface area contributed by atoms with Gasteiger partial charge in [0.2, 0.25) is 0 Å². The number of hydroxylamine groups is 1. The maximum atomic E-state index is 12.4. The van der Waals surface area contributed by atoms with Gasteiger partial charge in [0.25, 0.3) is 11.8 Å². The van der Waals surface area contributed by atoms with Crippen LogP contribution in [0.25, 0.3) is 0 Å². The van der Waals surface area contributed by atoms with Crippen LogP contribution < -0.4 is 16.5 Å². The molecular weight excluding hydrogens is 374 g/mol. The number of carbonyl (C=O) groups is 2. The van der Waals surface area contributed by atoms with Crippen molar-refractivity contribution in [2.75, 3.05) is 6.61 Å². The van der Waals surface area contributed by atoms with E-state index in [1.54, 1.807) is 38.1 Å². The Morgan fingerprint density at radius 1 is 1.28 bits per heavy atom. The molecule has 2 rings (SSSR count). The lowest BCUT2D eigenvalue weighted by atomic mass is 9.72. The van der Waals surface area contributed by atoms with Crippen molar-refractivity contribution >= 4 is 11.8 Å². The van der Waals surface area contributed by atoms with Crippen molar-refractivity contribution in [1.82, 2.24) is 10.8 Å². The molecule has 154 valence electrons. The summed E-state index contributed by atoms with van der Waals surface area (Å²) >= 11 is 0. The predicted molar refractivity (Wildman–Crippen MR) is 105 cm³/mol. The lowest BCUT2D eigenvalue weighted by Gasteiger charge is -2.39. The van der Waals surface area contributed by atoms with E-state index in [0.717, 1.165) is 0 Å². The maximum Gasteiger partial charge on any atom is 0.267 e. The Bertz CT molecular complexity index is 875. The van der Waals surface area contributed by atoms with Crippen molar-refractivity contribution in [2.45, 2.75) is 43.9 Å². The highest BCUT2D eigenvalue weighted by Gasteiger charge is 2.41. The van der Waals surface area contributed by atoms with Gasteiger partial charge in [-0.25, -0.2) is 5.48 Å². The molecule has 0 heterocycles. The van der Waals surface area contributed by atoms with Gasteiger partial charge < -0.3 is 21.3 Å². The molecule has 0 spiro atoms. The van der Waals surface area contributed by atoms with Gasteiger partial charge in [0, 0.05) is 22.6 Å². The van der Waals surface area contributed by atoms with Crippen LogP contribution in [-0.2, 0) is 4.79 Å². The number of aliphatic hydroxyl groups excluding tert-OH is 1. The molecule has 1 aliphatic carbocycles. The third kappa shape index (κ3) is 6.05. The number of benzene rings is 1. The van der Waals surface area contributed by atoms with Gasteiger partial charge in [-0.2, -0.15) is 0 Å². The van der Waals surface area contributed by atoms with Crippen molar-refractivity contribution < 1.29 is 25.0 Å². The van der Waals surface area contributed by atoms with Gasteiger partial charge in [-0.1, -0.05) is 11.8 Å². The Balaban J connectivity index is 1.97. The summed E-state index contributed by atoms with van der Waals surface area (Å²) in [6.07, 6.45) is 0.883. The van der Waals surface area contributed by atoms with E-state index in [-0.39, 0.29) is 12.5 Å². The SMILES string of the molecule is CC(C)(N)C(NC(=O)c1ccc(C#CC#CC2CC(O)(CO)C2)cc1)C(=O)NO. The van der Waals surface area contributed by atoms with Gasteiger partial charge in [-0.3, -0.25) is 14.8 Å². The first-order valence-electron chi connectivity index (χ1n) is 9.06. The highest BCUT2D eigenvalue weighted by Crippen LogP contribution is 2.36. The van der Waals surface area contributed by atoms with E-state index in [0.29, 0.717) is 24.0 Å². The maximum absolute atomic E-state index is 12.4. The highest BCUT2D eigenvalue weighted by molar-refractivity contribution is 5.97. The average Bonchev–Trinajstić information content (AvgIpc) is 2.66. The second kappa shape index (κ2) is 9.08. The fraction of sp³-hybridized carbons (Fsp3) is 0.429. The largest absolute Gasteiger partial charge is 0.393 e. The minimum Gasteiger partial charge on any atom is -0.393 e. The molecule has 1 aliphatic rings. The lowest BCUT2D eigenvalue weighted by molar-refractivity contribution is -0.132. The minimum atomic E-state index is -1.12. The number of hydrogen-bond donors (Lipinski definition) is 6. The first-order chi connectivity index (χ1) is 13.6. The number of hydrogen-bond acceptors (Lipinski definition) is 6. The molecule has 8 nitrogen and oxygen atoms in total. The van der Waals surface area contributed by atoms with Crippen LogP contribution in [0.15, 0.2) is 24.3 Å². The summed E-state index contributed by atoms with van der Waals surface area (Å²) in [4.78, 5) is 24.1. The van der Waals surface area contributed by atoms with Crippen LogP contribution in [0, 0.1) is 29.6 Å². The summed E-state index contributed by atoms with van der Waals surface area (Å²) in [5.41, 5.74) is 6.26. The molecule has 0 aliphatic heterocycles. The Morgan fingerprint density at radius 2 is 1.90 bits per heavy atom. The van der Waals surface area contributed by atoms with Crippen LogP contribution >= 0.6 is 0 Å². The standard InChI is InChI=1S/C21H25N3O5/c1-20(2,22)17(19(27)24-29)23-18(26)16-9-7-14(8-10-16)5-3-4-6-15-11-21(28,12-15)13-25/h7-10,15,17,25,28-29H,11-13,22H2,1-2H3,(H,23,26)(H,24,27). The fourth-order valence-electron chi connectivity index (χ4n) is 2.90. The monoisotopic (exact) mass is 399 g/mol. The summed E-state index contributed by atoms with van der Waals surface area (Å²) in [6, 6.07) is 5.28. The second-order valence-corrected chi connectivity index (χ2v) is 7.79. The van der Waals surface area contributed by atoms with Crippen LogP contribution in [0.5, 0.6) is 0 Å². The number of nitrogens with two attached hydrogens (primary N) is 1. The molecule has 7 N–H and O–H groups in total. The molecule has 2 amide bonds. The summed E-state index contributed by atoms with van der Waals surface area (Å²) < 4.78 is 0. The van der Waals surface area contributed by atoms with Gasteiger partial charge in [0.1, 0.15) is 6.04 Å². The first-order valence-corrected chi connectivity index (χ1v) is 9.06. The third-order valence-corrected chi connectivity index (χ3v) is 4.63. The van der Waals surface area contributed by atoms with Crippen LogP contribution in [0.4, 0.5) is 0 Å². The van der Waals surface area contributed by atoms with Crippen LogP contribution in [-0.4, -0.2) is 51.0 Å². The Kier molecular flexibility index (Phi) is 7.02. The quantitative estimate of drug-likeness (QED) is 0.224. The zero-order chi connectivity index (χ0) is 21.7. The van der Waals surface area contributed by atoms with Crippen LogP contribution in [0.2, 0.25) is 0 Å². The Morgan fingerprint density at radius 3 is 2.41 bits per heavy atom. The van der Waals surface area contributed by atoms with Crippen LogP contribution in [0.3, 0.4) is 0 Å².